The molecule has 0 spiro atoms. The predicted molar refractivity (Wildman–Crippen MR) is 125 cm³/mol. The molecule has 3 aromatic rings. The van der Waals surface area contributed by atoms with E-state index < -0.39 is 0 Å². The normalized spacial score (nSPS) is 17.3. The molecule has 1 atom stereocenters. The van der Waals surface area contributed by atoms with Crippen molar-refractivity contribution >= 4 is 21.9 Å². The Morgan fingerprint density at radius 1 is 0.786 bits per heavy atom. The first-order valence-corrected chi connectivity index (χ1v) is 10.6. The third kappa shape index (κ3) is 3.83. The molecule has 28 heavy (non-hydrogen) atoms. The van der Waals surface area contributed by atoms with Crippen LogP contribution in [0.15, 0.2) is 78.4 Å². The second kappa shape index (κ2) is 9.06. The Hall–Kier alpha value is -2.60. The van der Waals surface area contributed by atoms with Crippen molar-refractivity contribution in [2.75, 3.05) is 0 Å². The zero-order chi connectivity index (χ0) is 20.1. The van der Waals surface area contributed by atoms with Gasteiger partial charge in [0.25, 0.3) is 0 Å². The minimum atomic E-state index is 0.450. The molecular weight excluding hydrogens is 336 g/mol. The molecule has 1 unspecified atom stereocenters. The van der Waals surface area contributed by atoms with Crippen molar-refractivity contribution in [1.82, 2.24) is 0 Å². The number of fused-ring (bicyclic) bond motifs is 2. The maximum absolute atomic E-state index is 2.33. The highest BCUT2D eigenvalue weighted by atomic mass is 14.2. The second-order valence-electron chi connectivity index (χ2n) is 7.63. The van der Waals surface area contributed by atoms with Gasteiger partial charge in [0, 0.05) is 5.92 Å². The van der Waals surface area contributed by atoms with Crippen LogP contribution < -0.4 is 10.4 Å². The summed E-state index contributed by atoms with van der Waals surface area (Å²) in [5.74, 6) is 0.450. The molecular formula is C28H32. The predicted octanol–water partition coefficient (Wildman–Crippen LogP) is 6.61. The van der Waals surface area contributed by atoms with E-state index in [-0.39, 0.29) is 0 Å². The van der Waals surface area contributed by atoms with Crippen LogP contribution >= 0.6 is 0 Å². The van der Waals surface area contributed by atoms with Crippen LogP contribution in [0.25, 0.3) is 21.9 Å². The van der Waals surface area contributed by atoms with Gasteiger partial charge in [-0.05, 0) is 57.8 Å². The molecule has 0 radical (unpaired) electrons. The average Bonchev–Trinajstić information content (AvgIpc) is 2.76. The molecule has 4 rings (SSSR count). The fraction of sp³-hybridized carbons (Fsp3) is 0.286. The molecule has 0 aromatic heterocycles. The number of unbranched alkanes of at least 4 members (excludes halogenated alkanes) is 1. The zero-order valence-corrected chi connectivity index (χ0v) is 17.9. The van der Waals surface area contributed by atoms with Gasteiger partial charge in [-0.15, -0.1) is 0 Å². The lowest BCUT2D eigenvalue weighted by atomic mass is 9.79. The molecule has 0 fully saturated rings. The summed E-state index contributed by atoms with van der Waals surface area (Å²) in [6.07, 6.45) is 4.93. The molecule has 0 nitrogen and oxygen atoms in total. The van der Waals surface area contributed by atoms with Crippen LogP contribution in [0, 0.1) is 5.92 Å². The third-order valence-electron chi connectivity index (χ3n) is 5.88. The Balaban J connectivity index is 0.000000516. The van der Waals surface area contributed by atoms with Crippen LogP contribution in [-0.4, -0.2) is 0 Å². The van der Waals surface area contributed by atoms with Crippen LogP contribution in [0.1, 0.15) is 53.0 Å². The van der Waals surface area contributed by atoms with Crippen LogP contribution in [0.3, 0.4) is 0 Å². The topological polar surface area (TPSA) is 0 Å². The monoisotopic (exact) mass is 368 g/mol. The molecule has 3 aromatic carbocycles. The van der Waals surface area contributed by atoms with Gasteiger partial charge < -0.3 is 0 Å². The van der Waals surface area contributed by atoms with Gasteiger partial charge in [-0.3, -0.25) is 0 Å². The summed E-state index contributed by atoms with van der Waals surface area (Å²) in [7, 11) is 0. The minimum absolute atomic E-state index is 0.450. The first kappa shape index (κ1) is 20.1. The van der Waals surface area contributed by atoms with Crippen LogP contribution in [0.5, 0.6) is 0 Å². The SMILES string of the molecule is C/C=C1/C(c2ccc3ccccc3c2)=c2ccccc2=C(C)C1C.CCCC. The summed E-state index contributed by atoms with van der Waals surface area (Å²) in [5.41, 5.74) is 5.59. The maximum Gasteiger partial charge on any atom is 0.00293 e. The van der Waals surface area contributed by atoms with Gasteiger partial charge in [0.1, 0.15) is 0 Å². The van der Waals surface area contributed by atoms with Gasteiger partial charge in [0.05, 0.1) is 0 Å². The van der Waals surface area contributed by atoms with E-state index in [4.69, 9.17) is 0 Å². The standard InChI is InChI=1S/C24H22.C4H10/c1-4-21-16(2)17(3)22-11-7-8-12-23(22)24(21)20-14-13-18-9-5-6-10-19(18)15-20;1-3-4-2/h4-16H,1-3H3;3-4H2,1-2H3/b21-4+;. The van der Waals surface area contributed by atoms with Crippen molar-refractivity contribution in [3.8, 4) is 0 Å². The van der Waals surface area contributed by atoms with E-state index in [2.05, 4.69) is 107 Å². The van der Waals surface area contributed by atoms with Crippen LogP contribution in [0.4, 0.5) is 0 Å². The molecule has 0 amide bonds. The van der Waals surface area contributed by atoms with Crippen molar-refractivity contribution in [3.05, 3.63) is 94.4 Å². The largest absolute Gasteiger partial charge is 0.0832 e. The summed E-state index contributed by atoms with van der Waals surface area (Å²) in [6, 6.07) is 24.2. The molecule has 0 heterocycles. The summed E-state index contributed by atoms with van der Waals surface area (Å²) in [5, 5.41) is 5.34. The highest BCUT2D eigenvalue weighted by molar-refractivity contribution is 5.90. The van der Waals surface area contributed by atoms with E-state index in [0.717, 1.165) is 0 Å². The maximum atomic E-state index is 2.33. The van der Waals surface area contributed by atoms with Gasteiger partial charge in [0.15, 0.2) is 0 Å². The van der Waals surface area contributed by atoms with E-state index in [1.807, 2.05) is 0 Å². The Bertz CT molecular complexity index is 1110. The van der Waals surface area contributed by atoms with E-state index in [1.165, 1.54) is 56.3 Å². The molecule has 0 saturated heterocycles. The first-order chi connectivity index (χ1) is 13.6. The highest BCUT2D eigenvalue weighted by Crippen LogP contribution is 2.33. The average molecular weight is 369 g/mol. The van der Waals surface area contributed by atoms with Crippen molar-refractivity contribution in [2.45, 2.75) is 47.5 Å². The number of allylic oxidation sites excluding steroid dienone is 2. The number of hydrogen-bond donors (Lipinski definition) is 0. The van der Waals surface area contributed by atoms with Crippen LogP contribution in [0.2, 0.25) is 0 Å². The Labute approximate surface area is 169 Å². The van der Waals surface area contributed by atoms with E-state index in [1.54, 1.807) is 0 Å². The van der Waals surface area contributed by atoms with Crippen molar-refractivity contribution < 1.29 is 0 Å². The minimum Gasteiger partial charge on any atom is -0.0832 e. The number of rotatable bonds is 2. The van der Waals surface area contributed by atoms with Gasteiger partial charge in [0.2, 0.25) is 0 Å². The Kier molecular flexibility index (Phi) is 6.52. The second-order valence-corrected chi connectivity index (χ2v) is 7.63. The Morgan fingerprint density at radius 2 is 1.39 bits per heavy atom. The molecule has 0 saturated carbocycles. The van der Waals surface area contributed by atoms with E-state index >= 15 is 0 Å². The van der Waals surface area contributed by atoms with Gasteiger partial charge >= 0.3 is 0 Å². The molecule has 1 aliphatic rings. The first-order valence-electron chi connectivity index (χ1n) is 10.6. The number of benzene rings is 3. The van der Waals surface area contributed by atoms with E-state index in [9.17, 15) is 0 Å². The summed E-state index contributed by atoms with van der Waals surface area (Å²) >= 11 is 0. The Morgan fingerprint density at radius 3 is 2.04 bits per heavy atom. The molecule has 0 heteroatoms. The van der Waals surface area contributed by atoms with Crippen molar-refractivity contribution in [2.24, 2.45) is 5.92 Å². The lowest BCUT2D eigenvalue weighted by Crippen LogP contribution is -2.35. The van der Waals surface area contributed by atoms with Crippen molar-refractivity contribution in [3.63, 3.8) is 0 Å². The van der Waals surface area contributed by atoms with Gasteiger partial charge in [-0.2, -0.15) is 0 Å². The van der Waals surface area contributed by atoms with Crippen molar-refractivity contribution in [1.29, 1.82) is 0 Å². The number of hydrogen-bond acceptors (Lipinski definition) is 0. The van der Waals surface area contributed by atoms with Crippen LogP contribution in [-0.2, 0) is 0 Å². The molecule has 1 aliphatic carbocycles. The third-order valence-corrected chi connectivity index (χ3v) is 5.88. The molecule has 0 N–H and O–H groups in total. The smallest absolute Gasteiger partial charge is 0.00293 e. The lowest BCUT2D eigenvalue weighted by Gasteiger charge is -2.25. The summed E-state index contributed by atoms with van der Waals surface area (Å²) < 4.78 is 0. The molecule has 0 aliphatic heterocycles. The fourth-order valence-corrected chi connectivity index (χ4v) is 3.94. The zero-order valence-electron chi connectivity index (χ0n) is 17.9. The molecule has 0 bridgehead atoms. The van der Waals surface area contributed by atoms with E-state index in [0.29, 0.717) is 5.92 Å². The quantitative estimate of drug-likeness (QED) is 0.477. The van der Waals surface area contributed by atoms with Gasteiger partial charge in [-0.1, -0.05) is 106 Å². The highest BCUT2D eigenvalue weighted by Gasteiger charge is 2.21. The molecule has 144 valence electrons. The lowest BCUT2D eigenvalue weighted by molar-refractivity contribution is 0.886. The fourth-order valence-electron chi connectivity index (χ4n) is 3.94. The van der Waals surface area contributed by atoms with Gasteiger partial charge in [-0.25, -0.2) is 0 Å². The summed E-state index contributed by atoms with van der Waals surface area (Å²) in [4.78, 5) is 0. The summed E-state index contributed by atoms with van der Waals surface area (Å²) in [6.45, 7) is 11.1.